The number of carbonyl (C=O) groups is 2. The number of esters is 1. The van der Waals surface area contributed by atoms with Crippen LogP contribution in [-0.2, 0) is 14.3 Å². The fourth-order valence-corrected chi connectivity index (χ4v) is 9.61. The van der Waals surface area contributed by atoms with E-state index in [1.165, 1.54) is 218 Å². The second kappa shape index (κ2) is 59.6. The molecule has 0 aliphatic rings. The molecule has 0 saturated heterocycles. The van der Waals surface area contributed by atoms with E-state index in [1.54, 1.807) is 0 Å². The lowest BCUT2D eigenvalue weighted by atomic mass is 10.0. The van der Waals surface area contributed by atoms with Crippen molar-refractivity contribution < 1.29 is 24.5 Å². The van der Waals surface area contributed by atoms with Crippen LogP contribution in [-0.4, -0.2) is 47.4 Å². The Bertz CT molecular complexity index is 1130. The number of hydrogen-bond donors (Lipinski definition) is 3. The zero-order chi connectivity index (χ0) is 50.7. The number of allylic oxidation sites excluding steroid dienone is 6. The van der Waals surface area contributed by atoms with E-state index in [-0.39, 0.29) is 18.5 Å². The van der Waals surface area contributed by atoms with E-state index < -0.39 is 12.1 Å². The number of aliphatic hydroxyl groups excluding tert-OH is 2. The molecule has 3 N–H and O–H groups in total. The second-order valence-electron chi connectivity index (χ2n) is 21.4. The summed E-state index contributed by atoms with van der Waals surface area (Å²) in [6, 6.07) is -0.569. The minimum atomic E-state index is -0.688. The smallest absolute Gasteiger partial charge is 0.305 e. The van der Waals surface area contributed by atoms with Crippen LogP contribution in [0.2, 0.25) is 0 Å². The highest BCUT2D eigenvalue weighted by molar-refractivity contribution is 5.76. The maximum Gasteiger partial charge on any atom is 0.305 e. The first-order valence-corrected chi connectivity index (χ1v) is 31.2. The van der Waals surface area contributed by atoms with Gasteiger partial charge in [-0.3, -0.25) is 9.59 Å². The molecule has 0 heterocycles. The summed E-state index contributed by atoms with van der Waals surface area (Å²) in [4.78, 5) is 24.6. The largest absolute Gasteiger partial charge is 0.466 e. The number of rotatable bonds is 58. The SMILES string of the molecule is CCCCC/C=C\C/C=C\CCCCCCCCCCCC(=O)OCCCC/C=C\CCCCCCC(=O)NC(CO)C(O)CCCCCCCCCCCCCCCCCCCCCCCCCC. The fourth-order valence-electron chi connectivity index (χ4n) is 9.61. The summed E-state index contributed by atoms with van der Waals surface area (Å²) in [5.74, 6) is -0.107. The Morgan fingerprint density at radius 3 is 1.13 bits per heavy atom. The first-order chi connectivity index (χ1) is 34.5. The average molecular weight is 985 g/mol. The third kappa shape index (κ3) is 55.4. The van der Waals surface area contributed by atoms with Crippen LogP contribution in [0.15, 0.2) is 36.5 Å². The molecule has 0 aliphatic heterocycles. The zero-order valence-electron chi connectivity index (χ0n) is 47.0. The Balaban J connectivity index is 3.49. The molecular formula is C64H121NO5. The fraction of sp³-hybridized carbons (Fsp3) is 0.875. The summed E-state index contributed by atoms with van der Waals surface area (Å²) in [7, 11) is 0. The highest BCUT2D eigenvalue weighted by atomic mass is 16.5. The van der Waals surface area contributed by atoms with Crippen molar-refractivity contribution in [3.05, 3.63) is 36.5 Å². The Morgan fingerprint density at radius 1 is 0.400 bits per heavy atom. The Hall–Kier alpha value is -1.92. The van der Waals surface area contributed by atoms with Crippen molar-refractivity contribution >= 4 is 11.9 Å². The molecule has 6 heteroatoms. The summed E-state index contributed by atoms with van der Waals surface area (Å²) in [6.07, 6.45) is 74.4. The van der Waals surface area contributed by atoms with Crippen LogP contribution in [0.3, 0.4) is 0 Å². The first-order valence-electron chi connectivity index (χ1n) is 31.2. The van der Waals surface area contributed by atoms with Crippen LogP contribution in [0.4, 0.5) is 0 Å². The number of carbonyl (C=O) groups excluding carboxylic acids is 2. The standard InChI is InChI=1S/C64H121NO5/c1-3-5-7-9-11-13-15-17-19-21-23-24-25-26-27-29-30-32-34-36-40-44-48-52-56-62(67)61(60-66)65-63(68)57-53-49-45-41-38-39-43-47-51-55-59-70-64(69)58-54-50-46-42-37-35-33-31-28-22-20-18-16-14-12-10-8-6-4-2/h12,14,18,20,39,43,61-62,66-67H,3-11,13,15-17,19,21-38,40-42,44-60H2,1-2H3,(H,65,68)/b14-12-,20-18-,43-39-. The molecule has 0 aromatic rings. The van der Waals surface area contributed by atoms with Gasteiger partial charge in [-0.1, -0.05) is 275 Å². The molecule has 0 spiro atoms. The molecule has 0 aromatic carbocycles. The van der Waals surface area contributed by atoms with Gasteiger partial charge >= 0.3 is 5.97 Å². The molecule has 0 radical (unpaired) electrons. The van der Waals surface area contributed by atoms with Gasteiger partial charge in [0.1, 0.15) is 0 Å². The van der Waals surface area contributed by atoms with Crippen LogP contribution >= 0.6 is 0 Å². The van der Waals surface area contributed by atoms with Gasteiger partial charge in [0.05, 0.1) is 25.4 Å². The average Bonchev–Trinajstić information content (AvgIpc) is 3.36. The highest BCUT2D eigenvalue weighted by Gasteiger charge is 2.20. The Labute approximate surface area is 436 Å². The van der Waals surface area contributed by atoms with Gasteiger partial charge in [-0.15, -0.1) is 0 Å². The third-order valence-corrected chi connectivity index (χ3v) is 14.4. The third-order valence-electron chi connectivity index (χ3n) is 14.4. The van der Waals surface area contributed by atoms with Crippen LogP contribution in [0.5, 0.6) is 0 Å². The van der Waals surface area contributed by atoms with E-state index in [0.29, 0.717) is 25.9 Å². The van der Waals surface area contributed by atoms with E-state index in [1.807, 2.05) is 0 Å². The maximum absolute atomic E-state index is 12.5. The van der Waals surface area contributed by atoms with Gasteiger partial charge in [-0.25, -0.2) is 0 Å². The van der Waals surface area contributed by atoms with Crippen molar-refractivity contribution in [3.63, 3.8) is 0 Å². The molecule has 0 rings (SSSR count). The van der Waals surface area contributed by atoms with Crippen LogP contribution in [0.1, 0.15) is 335 Å². The molecule has 2 unspecified atom stereocenters. The lowest BCUT2D eigenvalue weighted by molar-refractivity contribution is -0.143. The van der Waals surface area contributed by atoms with Gasteiger partial charge in [-0.2, -0.15) is 0 Å². The van der Waals surface area contributed by atoms with E-state index in [4.69, 9.17) is 4.74 Å². The zero-order valence-corrected chi connectivity index (χ0v) is 47.0. The molecule has 0 aromatic heterocycles. The summed E-state index contributed by atoms with van der Waals surface area (Å²) < 4.78 is 5.46. The van der Waals surface area contributed by atoms with Crippen molar-refractivity contribution in [3.8, 4) is 0 Å². The molecule has 0 bridgehead atoms. The molecule has 0 aliphatic carbocycles. The van der Waals surface area contributed by atoms with Gasteiger partial charge in [0, 0.05) is 12.8 Å². The Morgan fingerprint density at radius 2 is 0.714 bits per heavy atom. The summed E-state index contributed by atoms with van der Waals surface area (Å²) in [5, 5.41) is 23.4. The minimum absolute atomic E-state index is 0.0392. The van der Waals surface area contributed by atoms with Crippen LogP contribution in [0, 0.1) is 0 Å². The normalized spacial score (nSPS) is 12.8. The van der Waals surface area contributed by atoms with Gasteiger partial charge in [0.15, 0.2) is 0 Å². The van der Waals surface area contributed by atoms with Crippen molar-refractivity contribution in [2.45, 2.75) is 347 Å². The van der Waals surface area contributed by atoms with Crippen molar-refractivity contribution in [2.75, 3.05) is 13.2 Å². The number of nitrogens with one attached hydrogen (secondary N) is 1. The number of unbranched alkanes of at least 4 members (excludes halogenated alkanes) is 41. The van der Waals surface area contributed by atoms with Gasteiger partial charge in [0.25, 0.3) is 0 Å². The molecule has 412 valence electrons. The van der Waals surface area contributed by atoms with Gasteiger partial charge < -0.3 is 20.3 Å². The summed E-state index contributed by atoms with van der Waals surface area (Å²) in [6.45, 7) is 4.86. The van der Waals surface area contributed by atoms with Crippen molar-refractivity contribution in [2.24, 2.45) is 0 Å². The molecule has 6 nitrogen and oxygen atoms in total. The van der Waals surface area contributed by atoms with E-state index in [0.717, 1.165) is 83.5 Å². The number of hydrogen-bond acceptors (Lipinski definition) is 5. The van der Waals surface area contributed by atoms with E-state index in [9.17, 15) is 19.8 Å². The summed E-state index contributed by atoms with van der Waals surface area (Å²) in [5.41, 5.74) is 0. The van der Waals surface area contributed by atoms with Crippen molar-refractivity contribution in [1.82, 2.24) is 5.32 Å². The number of aliphatic hydroxyl groups is 2. The first kappa shape index (κ1) is 68.1. The van der Waals surface area contributed by atoms with Crippen molar-refractivity contribution in [1.29, 1.82) is 0 Å². The highest BCUT2D eigenvalue weighted by Crippen LogP contribution is 2.18. The van der Waals surface area contributed by atoms with Crippen LogP contribution in [0.25, 0.3) is 0 Å². The Kier molecular flexibility index (Phi) is 58.0. The second-order valence-corrected chi connectivity index (χ2v) is 21.4. The molecule has 70 heavy (non-hydrogen) atoms. The molecule has 0 fully saturated rings. The topological polar surface area (TPSA) is 95.9 Å². The molecule has 0 saturated carbocycles. The molecule has 1 amide bonds. The predicted molar refractivity (Wildman–Crippen MR) is 306 cm³/mol. The van der Waals surface area contributed by atoms with Crippen LogP contribution < -0.4 is 5.32 Å². The maximum atomic E-state index is 12.5. The lowest BCUT2D eigenvalue weighted by Crippen LogP contribution is -2.45. The van der Waals surface area contributed by atoms with E-state index >= 15 is 0 Å². The molecule has 2 atom stereocenters. The number of ether oxygens (including phenoxy) is 1. The quantitative estimate of drug-likeness (QED) is 0.0321. The van der Waals surface area contributed by atoms with Gasteiger partial charge in [0.2, 0.25) is 5.91 Å². The minimum Gasteiger partial charge on any atom is -0.466 e. The monoisotopic (exact) mass is 984 g/mol. The van der Waals surface area contributed by atoms with E-state index in [2.05, 4.69) is 55.6 Å². The molecular weight excluding hydrogens is 863 g/mol. The lowest BCUT2D eigenvalue weighted by Gasteiger charge is -2.22. The predicted octanol–water partition coefficient (Wildman–Crippen LogP) is 19.6. The van der Waals surface area contributed by atoms with Gasteiger partial charge in [-0.05, 0) is 83.5 Å². The number of amides is 1. The summed E-state index contributed by atoms with van der Waals surface area (Å²) >= 11 is 0.